The summed E-state index contributed by atoms with van der Waals surface area (Å²) in [7, 11) is -3.12. The van der Waals surface area contributed by atoms with Crippen LogP contribution in [0.15, 0.2) is 0 Å². The van der Waals surface area contributed by atoms with Crippen LogP contribution in [0.5, 0.6) is 0 Å². The minimum absolute atomic E-state index is 0.0247. The highest BCUT2D eigenvalue weighted by atomic mass is 35.5. The molecule has 0 aliphatic carbocycles. The summed E-state index contributed by atoms with van der Waals surface area (Å²) in [4.78, 5) is 0. The maximum Gasteiger partial charge on any atom is 0.214 e. The first kappa shape index (κ1) is 14.3. The highest BCUT2D eigenvalue weighted by molar-refractivity contribution is 7.89. The van der Waals surface area contributed by atoms with Gasteiger partial charge in [0.1, 0.15) is 0 Å². The van der Waals surface area contributed by atoms with Crippen LogP contribution in [0.2, 0.25) is 0 Å². The second kappa shape index (κ2) is 5.23. The van der Waals surface area contributed by atoms with Crippen LogP contribution in [-0.2, 0) is 10.0 Å². The molecule has 0 spiro atoms. The molecule has 96 valence electrons. The van der Waals surface area contributed by atoms with Crippen molar-refractivity contribution in [3.05, 3.63) is 0 Å². The summed E-state index contributed by atoms with van der Waals surface area (Å²) >= 11 is 5.67. The van der Waals surface area contributed by atoms with Crippen LogP contribution in [0, 0.1) is 11.3 Å². The van der Waals surface area contributed by atoms with Gasteiger partial charge in [-0.15, -0.1) is 11.6 Å². The fourth-order valence-corrected chi connectivity index (χ4v) is 4.36. The Balaban J connectivity index is 2.69. The van der Waals surface area contributed by atoms with Gasteiger partial charge in [-0.05, 0) is 24.2 Å². The number of nitrogens with zero attached hydrogens (tertiary/aromatic N) is 1. The number of hydrogen-bond acceptors (Lipinski definition) is 2. The van der Waals surface area contributed by atoms with Crippen molar-refractivity contribution >= 4 is 21.6 Å². The molecule has 1 aliphatic heterocycles. The Morgan fingerprint density at radius 1 is 1.44 bits per heavy atom. The summed E-state index contributed by atoms with van der Waals surface area (Å²) < 4.78 is 25.9. The topological polar surface area (TPSA) is 37.4 Å². The van der Waals surface area contributed by atoms with E-state index in [-0.39, 0.29) is 17.1 Å². The first-order valence-corrected chi connectivity index (χ1v) is 7.95. The summed E-state index contributed by atoms with van der Waals surface area (Å²) in [5.74, 6) is 0.597. The van der Waals surface area contributed by atoms with E-state index in [0.717, 1.165) is 12.8 Å². The highest BCUT2D eigenvalue weighted by Crippen LogP contribution is 2.30. The lowest BCUT2D eigenvalue weighted by Gasteiger charge is -2.37. The predicted molar refractivity (Wildman–Crippen MR) is 68.3 cm³/mol. The van der Waals surface area contributed by atoms with Crippen LogP contribution in [0.1, 0.15) is 33.6 Å². The summed E-state index contributed by atoms with van der Waals surface area (Å²) in [5.41, 5.74) is 0.107. The summed E-state index contributed by atoms with van der Waals surface area (Å²) in [5, 5.41) is 0. The van der Waals surface area contributed by atoms with Crippen LogP contribution in [-0.4, -0.2) is 37.4 Å². The van der Waals surface area contributed by atoms with Crippen molar-refractivity contribution in [3.8, 4) is 0 Å². The second-order valence-electron chi connectivity index (χ2n) is 5.64. The third-order valence-corrected chi connectivity index (χ3v) is 5.63. The molecule has 0 bridgehead atoms. The predicted octanol–water partition coefficient (Wildman–Crippen LogP) is 2.31. The molecule has 0 aromatic heterocycles. The highest BCUT2D eigenvalue weighted by Gasteiger charge is 2.33. The zero-order chi connectivity index (χ0) is 12.4. The Kier molecular flexibility index (Phi) is 4.66. The van der Waals surface area contributed by atoms with Gasteiger partial charge in [-0.3, -0.25) is 0 Å². The summed E-state index contributed by atoms with van der Waals surface area (Å²) in [6.07, 6.45) is 2.06. The molecule has 0 aromatic carbocycles. The molecule has 0 amide bonds. The van der Waals surface area contributed by atoms with Crippen LogP contribution in [0.3, 0.4) is 0 Å². The van der Waals surface area contributed by atoms with Gasteiger partial charge in [0.2, 0.25) is 10.0 Å². The molecule has 1 unspecified atom stereocenters. The van der Waals surface area contributed by atoms with Gasteiger partial charge >= 0.3 is 0 Å². The number of rotatable bonds is 4. The lowest BCUT2D eigenvalue weighted by molar-refractivity contribution is 0.186. The van der Waals surface area contributed by atoms with Gasteiger partial charge in [0.25, 0.3) is 0 Å². The molecule has 3 nitrogen and oxygen atoms in total. The Bertz CT molecular complexity index is 327. The maximum atomic E-state index is 12.1. The minimum Gasteiger partial charge on any atom is -0.212 e. The van der Waals surface area contributed by atoms with Crippen LogP contribution in [0.25, 0.3) is 0 Å². The molecule has 1 aliphatic rings. The van der Waals surface area contributed by atoms with Gasteiger partial charge in [0.15, 0.2) is 0 Å². The van der Waals surface area contributed by atoms with Crippen LogP contribution >= 0.6 is 11.6 Å². The van der Waals surface area contributed by atoms with Crippen molar-refractivity contribution in [2.24, 2.45) is 11.3 Å². The number of alkyl halides is 1. The van der Waals surface area contributed by atoms with E-state index < -0.39 is 10.0 Å². The Morgan fingerprint density at radius 2 is 2.06 bits per heavy atom. The molecule has 1 rings (SSSR count). The van der Waals surface area contributed by atoms with Crippen LogP contribution in [0.4, 0.5) is 0 Å². The molecule has 1 heterocycles. The molecule has 0 aromatic rings. The second-order valence-corrected chi connectivity index (χ2v) is 7.96. The van der Waals surface area contributed by atoms with Gasteiger partial charge in [0, 0.05) is 19.0 Å². The largest absolute Gasteiger partial charge is 0.214 e. The third kappa shape index (κ3) is 3.90. The van der Waals surface area contributed by atoms with E-state index in [1.807, 2.05) is 6.92 Å². The molecule has 16 heavy (non-hydrogen) atoms. The van der Waals surface area contributed by atoms with E-state index in [9.17, 15) is 8.42 Å². The number of sulfonamides is 1. The molecule has 5 heteroatoms. The van der Waals surface area contributed by atoms with E-state index in [4.69, 9.17) is 11.6 Å². The van der Waals surface area contributed by atoms with Crippen molar-refractivity contribution in [2.75, 3.05) is 24.7 Å². The molecular formula is C11H22ClNO2S. The molecule has 1 atom stereocenters. The lowest BCUT2D eigenvalue weighted by atomic mass is 9.85. The number of hydrogen-bond donors (Lipinski definition) is 0. The Morgan fingerprint density at radius 3 is 2.56 bits per heavy atom. The van der Waals surface area contributed by atoms with E-state index in [2.05, 4.69) is 13.8 Å². The van der Waals surface area contributed by atoms with Crippen molar-refractivity contribution in [2.45, 2.75) is 33.6 Å². The zero-order valence-electron chi connectivity index (χ0n) is 10.4. The SMILES string of the molecule is CC(CCl)CS(=O)(=O)N1CCCC(C)(C)C1. The molecule has 0 radical (unpaired) electrons. The average molecular weight is 268 g/mol. The van der Waals surface area contributed by atoms with E-state index in [1.54, 1.807) is 4.31 Å². The van der Waals surface area contributed by atoms with Gasteiger partial charge in [-0.2, -0.15) is 0 Å². The van der Waals surface area contributed by atoms with Crippen molar-refractivity contribution in [3.63, 3.8) is 0 Å². The number of piperidine rings is 1. The smallest absolute Gasteiger partial charge is 0.212 e. The quantitative estimate of drug-likeness (QED) is 0.733. The summed E-state index contributed by atoms with van der Waals surface area (Å²) in [6, 6.07) is 0. The standard InChI is InChI=1S/C11H22ClNO2S/c1-10(7-12)8-16(14,15)13-6-4-5-11(2,3)9-13/h10H,4-9H2,1-3H3. The first-order valence-electron chi connectivity index (χ1n) is 5.81. The van der Waals surface area contributed by atoms with Gasteiger partial charge in [0.05, 0.1) is 5.75 Å². The zero-order valence-corrected chi connectivity index (χ0v) is 11.9. The van der Waals surface area contributed by atoms with Crippen LogP contribution < -0.4 is 0 Å². The monoisotopic (exact) mass is 267 g/mol. The lowest BCUT2D eigenvalue weighted by Crippen LogP contribution is -2.45. The van der Waals surface area contributed by atoms with Gasteiger partial charge in [-0.1, -0.05) is 20.8 Å². The van der Waals surface area contributed by atoms with Crippen molar-refractivity contribution in [1.29, 1.82) is 0 Å². The maximum absolute atomic E-state index is 12.1. The Hall–Kier alpha value is 0.200. The third-order valence-electron chi connectivity index (χ3n) is 3.02. The van der Waals surface area contributed by atoms with E-state index in [0.29, 0.717) is 19.0 Å². The first-order chi connectivity index (χ1) is 7.27. The van der Waals surface area contributed by atoms with E-state index in [1.165, 1.54) is 0 Å². The minimum atomic E-state index is -3.12. The normalized spacial score (nSPS) is 24.2. The van der Waals surface area contributed by atoms with E-state index >= 15 is 0 Å². The molecular weight excluding hydrogens is 246 g/mol. The fourth-order valence-electron chi connectivity index (χ4n) is 2.12. The Labute approximate surface area is 104 Å². The summed E-state index contributed by atoms with van der Waals surface area (Å²) in [6.45, 7) is 7.43. The molecule has 1 fully saturated rings. The molecule has 0 saturated carbocycles. The van der Waals surface area contributed by atoms with Gasteiger partial charge < -0.3 is 0 Å². The fraction of sp³-hybridized carbons (Fsp3) is 1.00. The average Bonchev–Trinajstić information content (AvgIpc) is 2.15. The molecule has 0 N–H and O–H groups in total. The van der Waals surface area contributed by atoms with Crippen molar-refractivity contribution < 1.29 is 8.42 Å². The number of halogens is 1. The van der Waals surface area contributed by atoms with Gasteiger partial charge in [-0.25, -0.2) is 12.7 Å². The molecule has 1 saturated heterocycles. The van der Waals surface area contributed by atoms with Crippen molar-refractivity contribution in [1.82, 2.24) is 4.31 Å².